The second-order valence-electron chi connectivity index (χ2n) is 8.09. The molecule has 1 amide bonds. The lowest BCUT2D eigenvalue weighted by molar-refractivity contribution is -0.119. The average molecular weight is 485 g/mol. The number of carbonyl (C=O) groups excluding carboxylic acids is 1. The van der Waals surface area contributed by atoms with Crippen LogP contribution in [0.25, 0.3) is 11.1 Å². The minimum absolute atomic E-state index is 0.206. The summed E-state index contributed by atoms with van der Waals surface area (Å²) in [6.07, 6.45) is 0. The van der Waals surface area contributed by atoms with Crippen molar-refractivity contribution in [1.82, 2.24) is 5.32 Å². The van der Waals surface area contributed by atoms with Gasteiger partial charge < -0.3 is 10.1 Å². The number of sulfonamides is 1. The van der Waals surface area contributed by atoms with Crippen LogP contribution in [0.1, 0.15) is 25.3 Å². The third-order valence-electron chi connectivity index (χ3n) is 5.50. The molecule has 1 N–H and O–H groups in total. The van der Waals surface area contributed by atoms with Crippen LogP contribution >= 0.6 is 11.6 Å². The zero-order chi connectivity index (χ0) is 23.6. The first-order valence-electron chi connectivity index (χ1n) is 10.7. The van der Waals surface area contributed by atoms with Crippen LogP contribution in [0.2, 0.25) is 5.02 Å². The Morgan fingerprint density at radius 2 is 1.76 bits per heavy atom. The highest BCUT2D eigenvalue weighted by Gasteiger charge is 2.36. The summed E-state index contributed by atoms with van der Waals surface area (Å²) >= 11 is 5.86. The third-order valence-corrected chi connectivity index (χ3v) is 7.56. The fourth-order valence-corrected chi connectivity index (χ4v) is 5.53. The van der Waals surface area contributed by atoms with E-state index in [-0.39, 0.29) is 24.6 Å². The molecule has 0 atom stereocenters. The van der Waals surface area contributed by atoms with Gasteiger partial charge in [0, 0.05) is 16.1 Å². The van der Waals surface area contributed by atoms with Crippen molar-refractivity contribution < 1.29 is 17.9 Å². The number of hydrogen-bond donors (Lipinski definition) is 1. The Hall–Kier alpha value is -3.03. The van der Waals surface area contributed by atoms with Crippen LogP contribution in [0.15, 0.2) is 71.6 Å². The SMILES string of the molecule is CC(C)c1ccc2c(c1)-c1ccccc1S(=O)(=O)N2CC(=O)NCCOc1ccc(Cl)cc1. The fourth-order valence-electron chi connectivity index (χ4n) is 3.75. The van der Waals surface area contributed by atoms with Crippen LogP contribution in [0, 0.1) is 0 Å². The highest BCUT2D eigenvalue weighted by Crippen LogP contribution is 2.43. The van der Waals surface area contributed by atoms with Gasteiger partial charge in [-0.2, -0.15) is 0 Å². The predicted molar refractivity (Wildman–Crippen MR) is 130 cm³/mol. The molecule has 0 radical (unpaired) electrons. The lowest BCUT2D eigenvalue weighted by atomic mass is 9.95. The second-order valence-corrected chi connectivity index (χ2v) is 10.4. The summed E-state index contributed by atoms with van der Waals surface area (Å²) in [6, 6.07) is 19.5. The zero-order valence-corrected chi connectivity index (χ0v) is 20.0. The highest BCUT2D eigenvalue weighted by atomic mass is 35.5. The van der Waals surface area contributed by atoms with E-state index in [9.17, 15) is 13.2 Å². The van der Waals surface area contributed by atoms with Gasteiger partial charge in [-0.25, -0.2) is 8.42 Å². The third kappa shape index (κ3) is 4.84. The molecule has 4 rings (SSSR count). The number of hydrogen-bond acceptors (Lipinski definition) is 4. The monoisotopic (exact) mass is 484 g/mol. The maximum Gasteiger partial charge on any atom is 0.265 e. The Morgan fingerprint density at radius 3 is 2.48 bits per heavy atom. The molecule has 0 spiro atoms. The fraction of sp³-hybridized carbons (Fsp3) is 0.240. The van der Waals surface area contributed by atoms with E-state index >= 15 is 0 Å². The van der Waals surface area contributed by atoms with E-state index in [4.69, 9.17) is 16.3 Å². The van der Waals surface area contributed by atoms with Gasteiger partial charge in [0.05, 0.1) is 17.1 Å². The lowest BCUT2D eigenvalue weighted by Crippen LogP contribution is -2.43. The van der Waals surface area contributed by atoms with Gasteiger partial charge in [-0.15, -0.1) is 0 Å². The molecule has 6 nitrogen and oxygen atoms in total. The van der Waals surface area contributed by atoms with Crippen LogP contribution in [0.4, 0.5) is 5.69 Å². The molecule has 0 bridgehead atoms. The molecular weight excluding hydrogens is 460 g/mol. The summed E-state index contributed by atoms with van der Waals surface area (Å²) in [5.74, 6) is 0.522. The maximum absolute atomic E-state index is 13.4. The van der Waals surface area contributed by atoms with Gasteiger partial charge >= 0.3 is 0 Å². The number of nitrogens with zero attached hydrogens (tertiary/aromatic N) is 1. The van der Waals surface area contributed by atoms with Crippen molar-refractivity contribution in [2.75, 3.05) is 24.0 Å². The molecule has 0 saturated carbocycles. The van der Waals surface area contributed by atoms with Gasteiger partial charge in [0.15, 0.2) is 0 Å². The Labute approximate surface area is 199 Å². The van der Waals surface area contributed by atoms with Crippen LogP contribution in [-0.4, -0.2) is 34.0 Å². The van der Waals surface area contributed by atoms with Crippen molar-refractivity contribution >= 4 is 33.2 Å². The van der Waals surface area contributed by atoms with Crippen molar-refractivity contribution in [2.45, 2.75) is 24.7 Å². The largest absolute Gasteiger partial charge is 0.492 e. The summed E-state index contributed by atoms with van der Waals surface area (Å²) in [7, 11) is -3.87. The molecule has 0 aliphatic carbocycles. The number of fused-ring (bicyclic) bond motifs is 3. The Bertz CT molecular complexity index is 1270. The highest BCUT2D eigenvalue weighted by molar-refractivity contribution is 7.93. The number of benzene rings is 3. The van der Waals surface area contributed by atoms with Crippen molar-refractivity contribution in [3.8, 4) is 16.9 Å². The molecule has 8 heteroatoms. The molecule has 1 heterocycles. The first kappa shape index (κ1) is 23.1. The van der Waals surface area contributed by atoms with Gasteiger partial charge in [0.1, 0.15) is 18.9 Å². The minimum Gasteiger partial charge on any atom is -0.492 e. The van der Waals surface area contributed by atoms with E-state index in [2.05, 4.69) is 19.2 Å². The summed E-state index contributed by atoms with van der Waals surface area (Å²) < 4.78 is 33.5. The maximum atomic E-state index is 13.4. The molecule has 33 heavy (non-hydrogen) atoms. The van der Waals surface area contributed by atoms with Crippen LogP contribution in [-0.2, 0) is 14.8 Å². The summed E-state index contributed by atoms with van der Waals surface area (Å²) in [5.41, 5.74) is 3.07. The molecule has 0 unspecified atom stereocenters. The quantitative estimate of drug-likeness (QED) is 0.487. The molecule has 1 aliphatic heterocycles. The standard InChI is InChI=1S/C25H25ClN2O4S/c1-17(2)18-7-12-23-22(15-18)21-5-3-4-6-24(21)33(30,31)28(23)16-25(29)27-13-14-32-20-10-8-19(26)9-11-20/h3-12,15,17H,13-14,16H2,1-2H3,(H,27,29). The van der Waals surface area contributed by atoms with Gasteiger partial charge in [-0.1, -0.05) is 49.7 Å². The predicted octanol–water partition coefficient (Wildman–Crippen LogP) is 4.83. The molecular formula is C25H25ClN2O4S. The normalized spacial score (nSPS) is 13.9. The molecule has 172 valence electrons. The van der Waals surface area contributed by atoms with Crippen LogP contribution in [0.3, 0.4) is 0 Å². The summed E-state index contributed by atoms with van der Waals surface area (Å²) in [6.45, 7) is 4.35. The van der Waals surface area contributed by atoms with Crippen LogP contribution in [0.5, 0.6) is 5.75 Å². The first-order valence-corrected chi connectivity index (χ1v) is 12.5. The summed E-state index contributed by atoms with van der Waals surface area (Å²) in [4.78, 5) is 12.9. The topological polar surface area (TPSA) is 75.7 Å². The molecule has 0 aromatic heterocycles. The van der Waals surface area contributed by atoms with E-state index in [1.165, 1.54) is 4.31 Å². The average Bonchev–Trinajstić information content (AvgIpc) is 2.80. The van der Waals surface area contributed by atoms with Gasteiger partial charge in [-0.3, -0.25) is 9.10 Å². The number of halogens is 1. The zero-order valence-electron chi connectivity index (χ0n) is 18.4. The van der Waals surface area contributed by atoms with E-state index in [1.54, 1.807) is 48.5 Å². The van der Waals surface area contributed by atoms with E-state index in [0.29, 0.717) is 27.9 Å². The number of amides is 1. The minimum atomic E-state index is -3.87. The first-order chi connectivity index (χ1) is 15.8. The Kier molecular flexibility index (Phi) is 6.63. The molecule has 0 saturated heterocycles. The number of carbonyl (C=O) groups is 1. The number of ether oxygens (including phenoxy) is 1. The Balaban J connectivity index is 1.51. The van der Waals surface area contributed by atoms with Crippen molar-refractivity contribution in [2.24, 2.45) is 0 Å². The second kappa shape index (κ2) is 9.45. The van der Waals surface area contributed by atoms with E-state index in [0.717, 1.165) is 11.1 Å². The molecule has 3 aromatic carbocycles. The van der Waals surface area contributed by atoms with Gasteiger partial charge in [0.25, 0.3) is 10.0 Å². The van der Waals surface area contributed by atoms with E-state index in [1.807, 2.05) is 18.2 Å². The smallest absolute Gasteiger partial charge is 0.265 e. The van der Waals surface area contributed by atoms with E-state index < -0.39 is 15.9 Å². The molecule has 0 fully saturated rings. The number of nitrogens with one attached hydrogen (secondary N) is 1. The van der Waals surface area contributed by atoms with Crippen molar-refractivity contribution in [3.63, 3.8) is 0 Å². The lowest BCUT2D eigenvalue weighted by Gasteiger charge is -2.32. The Morgan fingerprint density at radius 1 is 1.03 bits per heavy atom. The van der Waals surface area contributed by atoms with Crippen molar-refractivity contribution in [3.05, 3.63) is 77.3 Å². The van der Waals surface area contributed by atoms with Gasteiger partial charge in [-0.05, 0) is 53.9 Å². The number of anilines is 1. The molecule has 1 aliphatic rings. The molecule has 3 aromatic rings. The van der Waals surface area contributed by atoms with Crippen LogP contribution < -0.4 is 14.4 Å². The van der Waals surface area contributed by atoms with Gasteiger partial charge in [0.2, 0.25) is 5.91 Å². The summed E-state index contributed by atoms with van der Waals surface area (Å²) in [5, 5.41) is 3.35. The number of rotatable bonds is 7. The van der Waals surface area contributed by atoms with Crippen molar-refractivity contribution in [1.29, 1.82) is 0 Å².